The molecule has 2 heterocycles. The number of nitrogens with one attached hydrogen (secondary N) is 3. The van der Waals surface area contributed by atoms with E-state index in [4.69, 9.17) is 9.47 Å². The fraction of sp³-hybridized carbons (Fsp3) is 0.667. The van der Waals surface area contributed by atoms with Crippen molar-refractivity contribution in [1.29, 1.82) is 0 Å². The summed E-state index contributed by atoms with van der Waals surface area (Å²) in [5, 5.41) is 6.32. The van der Waals surface area contributed by atoms with Gasteiger partial charge >= 0.3 is 18.4 Å². The number of nitrogens with zero attached hydrogens (tertiary/aromatic N) is 2. The van der Waals surface area contributed by atoms with E-state index in [-0.39, 0.29) is 31.2 Å². The fourth-order valence-electron chi connectivity index (χ4n) is 7.59. The van der Waals surface area contributed by atoms with Crippen molar-refractivity contribution in [2.24, 2.45) is 11.3 Å². The largest absolute Gasteiger partial charge is 0.446 e. The Morgan fingerprint density at radius 3 is 2.23 bits per heavy atom. The molecule has 2 saturated heterocycles. The highest BCUT2D eigenvalue weighted by molar-refractivity contribution is 7.59. The first-order valence-electron chi connectivity index (χ1n) is 18.2. The molecule has 4 N–H and O–H groups in total. The van der Waals surface area contributed by atoms with Gasteiger partial charge in [0, 0.05) is 32.1 Å². The zero-order valence-electron chi connectivity index (χ0n) is 30.7. The number of alkyl halides is 3. The van der Waals surface area contributed by atoms with Crippen LogP contribution in [-0.4, -0.2) is 89.7 Å². The first kappa shape index (κ1) is 40.4. The van der Waals surface area contributed by atoms with E-state index in [9.17, 15) is 41.8 Å². The summed E-state index contributed by atoms with van der Waals surface area (Å²) in [5.41, 5.74) is -1.54. The van der Waals surface area contributed by atoms with Gasteiger partial charge in [-0.25, -0.2) is 9.59 Å². The van der Waals surface area contributed by atoms with Gasteiger partial charge in [0.2, 0.25) is 19.2 Å². The SMILES string of the molecule is C=C[C@@H]1C[C@]1(NC(=O)[C@@H]1C[C@@H](OC(=O)Nc2cc(C(F)(F)F)ccc2N2CCCCC2)CN1C(=O)C(NC(=O)OC1CCCC1)C(C)(C)C)P(C)(=O)O. The molecule has 0 aromatic heterocycles. The zero-order chi connectivity index (χ0) is 38.9. The molecular formula is C36H51F3N5O8P. The zero-order valence-corrected chi connectivity index (χ0v) is 31.6. The normalized spacial score (nSPS) is 26.6. The lowest BCUT2D eigenvalue weighted by Gasteiger charge is -2.35. The summed E-state index contributed by atoms with van der Waals surface area (Å²) in [6, 6.07) is 0.625. The van der Waals surface area contributed by atoms with Crippen LogP contribution in [0.5, 0.6) is 0 Å². The molecule has 4 aliphatic rings. The van der Waals surface area contributed by atoms with Gasteiger partial charge in [0.05, 0.1) is 23.5 Å². The highest BCUT2D eigenvalue weighted by Gasteiger charge is 2.64. The predicted molar refractivity (Wildman–Crippen MR) is 192 cm³/mol. The molecule has 1 aromatic rings. The van der Waals surface area contributed by atoms with E-state index in [0.717, 1.165) is 50.9 Å². The maximum Gasteiger partial charge on any atom is 0.416 e. The van der Waals surface area contributed by atoms with Crippen LogP contribution in [0.3, 0.4) is 0 Å². The Morgan fingerprint density at radius 2 is 1.66 bits per heavy atom. The second kappa shape index (κ2) is 15.5. The van der Waals surface area contributed by atoms with Gasteiger partial charge in [0.15, 0.2) is 0 Å². The number of likely N-dealkylation sites (tertiary alicyclic amines) is 1. The lowest BCUT2D eigenvalue weighted by atomic mass is 9.85. The molecule has 0 spiro atoms. The number of rotatable bonds is 10. The minimum Gasteiger partial charge on any atom is -0.446 e. The van der Waals surface area contributed by atoms with Gasteiger partial charge in [-0.2, -0.15) is 13.2 Å². The summed E-state index contributed by atoms with van der Waals surface area (Å²) >= 11 is 0. The first-order chi connectivity index (χ1) is 24.7. The highest BCUT2D eigenvalue weighted by Crippen LogP contribution is 2.67. The van der Waals surface area contributed by atoms with Crippen molar-refractivity contribution in [2.45, 2.75) is 114 Å². The molecule has 0 bridgehead atoms. The monoisotopic (exact) mass is 769 g/mol. The van der Waals surface area contributed by atoms with Crippen LogP contribution < -0.4 is 20.9 Å². The van der Waals surface area contributed by atoms with Crippen molar-refractivity contribution in [3.8, 4) is 0 Å². The predicted octanol–water partition coefficient (Wildman–Crippen LogP) is 6.22. The number of anilines is 2. The molecule has 53 heavy (non-hydrogen) atoms. The maximum atomic E-state index is 14.3. The van der Waals surface area contributed by atoms with Crippen LogP contribution in [0.1, 0.15) is 84.1 Å². The Bertz CT molecular complexity index is 1620. The van der Waals surface area contributed by atoms with Crippen LogP contribution in [-0.2, 0) is 29.8 Å². The summed E-state index contributed by atoms with van der Waals surface area (Å²) in [5.74, 6) is -1.94. The first-order valence-corrected chi connectivity index (χ1v) is 20.3. The lowest BCUT2D eigenvalue weighted by Crippen LogP contribution is -2.58. The van der Waals surface area contributed by atoms with E-state index >= 15 is 0 Å². The van der Waals surface area contributed by atoms with Crippen molar-refractivity contribution >= 4 is 42.7 Å². The summed E-state index contributed by atoms with van der Waals surface area (Å²) in [6.07, 6.45) is -0.661. The standard InChI is InChI=1S/C36H51F3N5O8P/c1-6-22-20-35(22,53(5,49)50)42-30(45)28-19-25(21-44(28)31(46)29(34(2,3)4)41-33(48)51-24-12-8-9-13-24)52-32(47)40-26-18-23(36(37,38)39)14-15-27(26)43-16-10-7-11-17-43/h6,14-15,18,22,24-25,28-29H,1,7-13,16-17,19-21H2,2-5H3,(H,40,47)(H,41,48)(H,42,45)(H,49,50)/t22-,25-,28+,29?,35+/m1/s1. The van der Waals surface area contributed by atoms with Gasteiger partial charge in [-0.3, -0.25) is 19.5 Å². The molecule has 2 saturated carbocycles. The maximum absolute atomic E-state index is 14.3. The van der Waals surface area contributed by atoms with Crippen molar-refractivity contribution < 1.29 is 51.3 Å². The summed E-state index contributed by atoms with van der Waals surface area (Å²) < 4.78 is 65.3. The number of halogens is 3. The number of carbonyl (C=O) groups is 4. The summed E-state index contributed by atoms with van der Waals surface area (Å²) in [4.78, 5) is 68.3. The third kappa shape index (κ3) is 9.30. The minimum absolute atomic E-state index is 0.0995. The Labute approximate surface area is 307 Å². The number of hydrogen-bond acceptors (Lipinski definition) is 8. The average molecular weight is 770 g/mol. The second-order valence-electron chi connectivity index (χ2n) is 15.8. The van der Waals surface area contributed by atoms with Crippen LogP contribution in [0, 0.1) is 11.3 Å². The van der Waals surface area contributed by atoms with Gasteiger partial charge < -0.3 is 34.8 Å². The van der Waals surface area contributed by atoms with Gasteiger partial charge in [-0.1, -0.05) is 26.8 Å². The van der Waals surface area contributed by atoms with Crippen LogP contribution >= 0.6 is 7.37 Å². The van der Waals surface area contributed by atoms with Gasteiger partial charge in [-0.05, 0) is 75.0 Å². The van der Waals surface area contributed by atoms with Crippen LogP contribution in [0.25, 0.3) is 0 Å². The van der Waals surface area contributed by atoms with Crippen LogP contribution in [0.15, 0.2) is 30.9 Å². The number of piperidine rings is 1. The van der Waals surface area contributed by atoms with Crippen molar-refractivity contribution in [3.05, 3.63) is 36.4 Å². The lowest BCUT2D eigenvalue weighted by molar-refractivity contribution is -0.142. The van der Waals surface area contributed by atoms with E-state index in [0.29, 0.717) is 31.6 Å². The average Bonchev–Trinajstić information content (AvgIpc) is 3.34. The number of benzene rings is 1. The molecule has 294 valence electrons. The molecule has 2 unspecified atom stereocenters. The van der Waals surface area contributed by atoms with Crippen molar-refractivity contribution in [1.82, 2.24) is 15.5 Å². The molecule has 17 heteroatoms. The van der Waals surface area contributed by atoms with E-state index < -0.39 is 77.9 Å². The molecule has 4 amide bonds. The van der Waals surface area contributed by atoms with Crippen LogP contribution in [0.2, 0.25) is 0 Å². The number of ether oxygens (including phenoxy) is 2. The van der Waals surface area contributed by atoms with E-state index in [2.05, 4.69) is 22.5 Å². The van der Waals surface area contributed by atoms with Crippen LogP contribution in [0.4, 0.5) is 34.1 Å². The Hall–Kier alpha value is -3.78. The number of hydrogen-bond donors (Lipinski definition) is 4. The van der Waals surface area contributed by atoms with Gasteiger partial charge in [0.25, 0.3) is 0 Å². The Morgan fingerprint density at radius 1 is 1.02 bits per heavy atom. The van der Waals surface area contributed by atoms with E-state index in [1.165, 1.54) is 17.0 Å². The molecule has 0 radical (unpaired) electrons. The van der Waals surface area contributed by atoms with Gasteiger partial charge in [-0.15, -0.1) is 6.58 Å². The molecule has 6 atom stereocenters. The smallest absolute Gasteiger partial charge is 0.416 e. The molecule has 5 rings (SSSR count). The van der Waals surface area contributed by atoms with E-state index in [1.54, 1.807) is 20.8 Å². The number of carbonyl (C=O) groups excluding carboxylic acids is 4. The summed E-state index contributed by atoms with van der Waals surface area (Å²) in [6.45, 7) is 10.9. The minimum atomic E-state index is -4.67. The highest BCUT2D eigenvalue weighted by atomic mass is 31.2. The fourth-order valence-corrected chi connectivity index (χ4v) is 9.16. The molecule has 2 aliphatic heterocycles. The molecule has 13 nitrogen and oxygen atoms in total. The third-order valence-corrected chi connectivity index (χ3v) is 12.8. The Balaban J connectivity index is 1.39. The van der Waals surface area contributed by atoms with Crippen molar-refractivity contribution in [2.75, 3.05) is 36.5 Å². The Kier molecular flexibility index (Phi) is 11.8. The molecule has 4 fully saturated rings. The molecular weight excluding hydrogens is 718 g/mol. The third-order valence-electron chi connectivity index (χ3n) is 10.7. The van der Waals surface area contributed by atoms with Crippen molar-refractivity contribution in [3.63, 3.8) is 0 Å². The van der Waals surface area contributed by atoms with E-state index in [1.807, 2.05) is 4.90 Å². The number of alkyl carbamates (subject to hydrolysis) is 1. The molecule has 2 aliphatic carbocycles. The molecule has 1 aromatic carbocycles. The van der Waals surface area contributed by atoms with Gasteiger partial charge in [0.1, 0.15) is 29.6 Å². The second-order valence-corrected chi connectivity index (χ2v) is 18.3. The summed E-state index contributed by atoms with van der Waals surface area (Å²) in [7, 11) is -3.92. The number of amides is 4. The topological polar surface area (TPSA) is 167 Å². The quantitative estimate of drug-likeness (QED) is 0.160.